The van der Waals surface area contributed by atoms with Crippen LogP contribution in [0.15, 0.2) is 54.4 Å². The summed E-state index contributed by atoms with van der Waals surface area (Å²) in [4.78, 5) is 3.78. The van der Waals surface area contributed by atoms with Gasteiger partial charge in [-0.15, -0.1) is 10.2 Å². The number of nitrogens with two attached hydrogens (primary N) is 1. The van der Waals surface area contributed by atoms with Crippen LogP contribution in [0.3, 0.4) is 0 Å². The Hall–Kier alpha value is -3.97. The summed E-state index contributed by atoms with van der Waals surface area (Å²) in [6.45, 7) is 3.07. The molecule has 192 valence electrons. The van der Waals surface area contributed by atoms with Crippen molar-refractivity contribution in [2.45, 2.75) is 25.2 Å². The van der Waals surface area contributed by atoms with E-state index < -0.39 is 27.2 Å². The van der Waals surface area contributed by atoms with Crippen molar-refractivity contribution in [1.29, 1.82) is 0 Å². The first-order valence-corrected chi connectivity index (χ1v) is 12.2. The second-order valence-electron chi connectivity index (χ2n) is 7.67. The standard InChI is InChI=1S/C23H27FN6O5S/c1-14(12-25)8-11-20-27-28-23(30(20)21-18(34-3)6-5-7-19(21)35-4)29-36(32,33)15(2)22(31)17-10-9-16(24)13-26-17/h5-13,15,22,31H,25H2,1-4H3,(H,28,29)/b11-8+,14-12-/t15-,22-/m1/s1. The number of hydrogen-bond donors (Lipinski definition) is 3. The van der Waals surface area contributed by atoms with E-state index in [0.717, 1.165) is 17.8 Å². The molecular formula is C23H27FN6O5S. The Bertz CT molecular complexity index is 1350. The van der Waals surface area contributed by atoms with E-state index in [1.54, 1.807) is 37.3 Å². The summed E-state index contributed by atoms with van der Waals surface area (Å²) in [7, 11) is -1.35. The van der Waals surface area contributed by atoms with Crippen molar-refractivity contribution in [3.63, 3.8) is 0 Å². The molecule has 0 aliphatic rings. The van der Waals surface area contributed by atoms with Gasteiger partial charge in [-0.25, -0.2) is 12.8 Å². The number of sulfonamides is 1. The molecule has 0 bridgehead atoms. The van der Waals surface area contributed by atoms with Gasteiger partial charge in [0.2, 0.25) is 16.0 Å². The molecule has 2 atom stereocenters. The number of nitrogens with zero attached hydrogens (tertiary/aromatic N) is 4. The highest BCUT2D eigenvalue weighted by Gasteiger charge is 2.32. The van der Waals surface area contributed by atoms with Crippen LogP contribution in [0.25, 0.3) is 11.8 Å². The predicted molar refractivity (Wildman–Crippen MR) is 133 cm³/mol. The summed E-state index contributed by atoms with van der Waals surface area (Å²) in [5.41, 5.74) is 6.61. The lowest BCUT2D eigenvalue weighted by atomic mass is 10.2. The molecule has 0 amide bonds. The van der Waals surface area contributed by atoms with Gasteiger partial charge in [-0.1, -0.05) is 12.1 Å². The fourth-order valence-electron chi connectivity index (χ4n) is 3.20. The Morgan fingerprint density at radius 3 is 2.42 bits per heavy atom. The highest BCUT2D eigenvalue weighted by atomic mass is 32.2. The molecule has 0 fully saturated rings. The number of pyridine rings is 1. The van der Waals surface area contributed by atoms with Crippen molar-refractivity contribution in [2.24, 2.45) is 5.73 Å². The third-order valence-corrected chi connectivity index (χ3v) is 7.00. The van der Waals surface area contributed by atoms with E-state index in [-0.39, 0.29) is 17.5 Å². The van der Waals surface area contributed by atoms with Crippen LogP contribution in [0.5, 0.6) is 11.5 Å². The van der Waals surface area contributed by atoms with Crippen LogP contribution in [0.1, 0.15) is 31.5 Å². The lowest BCUT2D eigenvalue weighted by molar-refractivity contribution is 0.171. The van der Waals surface area contributed by atoms with Crippen LogP contribution in [0.4, 0.5) is 10.3 Å². The number of rotatable bonds is 10. The van der Waals surface area contributed by atoms with E-state index in [0.29, 0.717) is 17.2 Å². The molecule has 0 spiro atoms. The first kappa shape index (κ1) is 26.6. The Morgan fingerprint density at radius 1 is 1.19 bits per heavy atom. The third kappa shape index (κ3) is 5.63. The van der Waals surface area contributed by atoms with Crippen molar-refractivity contribution in [1.82, 2.24) is 19.7 Å². The largest absolute Gasteiger partial charge is 0.494 e. The lowest BCUT2D eigenvalue weighted by Gasteiger charge is -2.21. The Kier molecular flexibility index (Phi) is 8.27. The molecule has 3 aromatic rings. The molecule has 3 rings (SSSR count). The van der Waals surface area contributed by atoms with Gasteiger partial charge in [0, 0.05) is 0 Å². The monoisotopic (exact) mass is 518 g/mol. The number of benzene rings is 1. The normalized spacial score (nSPS) is 14.0. The summed E-state index contributed by atoms with van der Waals surface area (Å²) in [6, 6.07) is 7.34. The molecule has 0 saturated heterocycles. The zero-order valence-electron chi connectivity index (χ0n) is 20.1. The molecule has 1 aromatic carbocycles. The number of ether oxygens (including phenoxy) is 2. The van der Waals surface area contributed by atoms with Crippen LogP contribution in [0, 0.1) is 5.82 Å². The van der Waals surface area contributed by atoms with Crippen molar-refractivity contribution in [3.05, 3.63) is 71.7 Å². The van der Waals surface area contributed by atoms with E-state index in [9.17, 15) is 17.9 Å². The average molecular weight is 519 g/mol. The number of aliphatic hydroxyl groups is 1. The minimum absolute atomic E-state index is 0.00481. The first-order chi connectivity index (χ1) is 17.1. The molecule has 0 aliphatic heterocycles. The summed E-state index contributed by atoms with van der Waals surface area (Å²) in [5.74, 6) is 0.166. The molecule has 11 nitrogen and oxygen atoms in total. The molecule has 36 heavy (non-hydrogen) atoms. The lowest BCUT2D eigenvalue weighted by Crippen LogP contribution is -2.32. The fourth-order valence-corrected chi connectivity index (χ4v) is 4.25. The molecular weight excluding hydrogens is 491 g/mol. The van der Waals surface area contributed by atoms with Gasteiger partial charge in [0.25, 0.3) is 0 Å². The molecule has 0 aliphatic carbocycles. The second-order valence-corrected chi connectivity index (χ2v) is 9.71. The molecule has 0 saturated carbocycles. The van der Waals surface area contributed by atoms with Gasteiger partial charge in [-0.05, 0) is 56.0 Å². The van der Waals surface area contributed by atoms with E-state index in [4.69, 9.17) is 15.2 Å². The number of halogens is 1. The Labute approximate surface area is 208 Å². The number of aliphatic hydroxyl groups excluding tert-OH is 1. The second kappa shape index (κ2) is 11.2. The van der Waals surface area contributed by atoms with E-state index in [1.165, 1.54) is 38.0 Å². The molecule has 2 heterocycles. The van der Waals surface area contributed by atoms with Crippen molar-refractivity contribution in [3.8, 4) is 17.2 Å². The van der Waals surface area contributed by atoms with Crippen molar-refractivity contribution < 1.29 is 27.4 Å². The summed E-state index contributed by atoms with van der Waals surface area (Å²) >= 11 is 0. The molecule has 2 aromatic heterocycles. The van der Waals surface area contributed by atoms with Gasteiger partial charge in [-0.3, -0.25) is 14.3 Å². The number of methoxy groups -OCH3 is 2. The third-order valence-electron chi connectivity index (χ3n) is 5.29. The average Bonchev–Trinajstić information content (AvgIpc) is 3.26. The molecule has 4 N–H and O–H groups in total. The highest BCUT2D eigenvalue weighted by Crippen LogP contribution is 2.36. The quantitative estimate of drug-likeness (QED) is 0.343. The van der Waals surface area contributed by atoms with Crippen LogP contribution >= 0.6 is 0 Å². The zero-order valence-corrected chi connectivity index (χ0v) is 20.9. The maximum absolute atomic E-state index is 13.2. The zero-order chi connectivity index (χ0) is 26.5. The topological polar surface area (TPSA) is 154 Å². The SMILES string of the molecule is COc1cccc(OC)c1-n1c(/C=C/C(C)=C\N)nnc1NS(=O)(=O)[C@H](C)[C@@H](O)c1ccc(F)cn1. The Morgan fingerprint density at radius 2 is 1.86 bits per heavy atom. The molecule has 13 heteroatoms. The van der Waals surface area contributed by atoms with Crippen LogP contribution in [-0.2, 0) is 10.0 Å². The summed E-state index contributed by atoms with van der Waals surface area (Å²) < 4.78 is 54.4. The number of anilines is 1. The van der Waals surface area contributed by atoms with Gasteiger partial charge in [0.05, 0.1) is 26.1 Å². The van der Waals surface area contributed by atoms with Gasteiger partial charge >= 0.3 is 0 Å². The maximum atomic E-state index is 13.2. The fraction of sp³-hybridized carbons (Fsp3) is 0.261. The smallest absolute Gasteiger partial charge is 0.243 e. The van der Waals surface area contributed by atoms with Gasteiger partial charge in [-0.2, -0.15) is 0 Å². The summed E-state index contributed by atoms with van der Waals surface area (Å²) in [6.07, 6.45) is 4.02. The molecule has 0 unspecified atom stereocenters. The first-order valence-electron chi connectivity index (χ1n) is 10.7. The maximum Gasteiger partial charge on any atom is 0.243 e. The minimum Gasteiger partial charge on any atom is -0.494 e. The Balaban J connectivity index is 2.10. The summed E-state index contributed by atoms with van der Waals surface area (Å²) in [5, 5.41) is 17.3. The van der Waals surface area contributed by atoms with Gasteiger partial charge in [0.1, 0.15) is 34.4 Å². The number of hydrogen-bond acceptors (Lipinski definition) is 9. The van der Waals surface area contributed by atoms with Crippen LogP contribution < -0.4 is 19.9 Å². The van der Waals surface area contributed by atoms with Crippen LogP contribution in [0.2, 0.25) is 0 Å². The van der Waals surface area contributed by atoms with Crippen molar-refractivity contribution in [2.75, 3.05) is 18.9 Å². The highest BCUT2D eigenvalue weighted by molar-refractivity contribution is 7.93. The van der Waals surface area contributed by atoms with Gasteiger partial charge in [0.15, 0.2) is 5.82 Å². The number of allylic oxidation sites excluding steroid dienone is 2. The predicted octanol–water partition coefficient (Wildman–Crippen LogP) is 2.56. The van der Waals surface area contributed by atoms with E-state index >= 15 is 0 Å². The van der Waals surface area contributed by atoms with Crippen LogP contribution in [-0.4, -0.2) is 52.7 Å². The molecule has 0 radical (unpaired) electrons. The van der Waals surface area contributed by atoms with E-state index in [2.05, 4.69) is 19.9 Å². The van der Waals surface area contributed by atoms with Gasteiger partial charge < -0.3 is 20.3 Å². The number of aromatic nitrogens is 4. The minimum atomic E-state index is -4.26. The van der Waals surface area contributed by atoms with Crippen molar-refractivity contribution >= 4 is 22.0 Å². The number of nitrogens with one attached hydrogen (secondary N) is 1. The number of para-hydroxylation sites is 1. The van der Waals surface area contributed by atoms with E-state index in [1.807, 2.05) is 0 Å².